The molecule has 1 aromatic heterocycles. The SMILES string of the molecule is O=C(Cc1csc(-c2ccccc2)n1)Nc1ccc(Cl)c([N+](=O)[O-])c1. The second kappa shape index (κ2) is 7.42. The van der Waals surface area contributed by atoms with Gasteiger partial charge in [-0.1, -0.05) is 41.9 Å². The normalized spacial score (nSPS) is 10.4. The quantitative estimate of drug-likeness (QED) is 0.525. The molecule has 1 N–H and O–H groups in total. The van der Waals surface area contributed by atoms with Gasteiger partial charge in [0.2, 0.25) is 5.91 Å². The number of nitrogens with zero attached hydrogens (tertiary/aromatic N) is 2. The smallest absolute Gasteiger partial charge is 0.289 e. The number of nitrogens with one attached hydrogen (secondary N) is 1. The predicted octanol–water partition coefficient (Wildman–Crippen LogP) is 4.55. The Labute approximate surface area is 152 Å². The van der Waals surface area contributed by atoms with Gasteiger partial charge in [-0.25, -0.2) is 4.98 Å². The van der Waals surface area contributed by atoms with Crippen LogP contribution in [0.25, 0.3) is 10.6 Å². The fourth-order valence-corrected chi connectivity index (χ4v) is 3.21. The van der Waals surface area contributed by atoms with E-state index in [1.807, 2.05) is 35.7 Å². The molecule has 0 bridgehead atoms. The molecule has 8 heteroatoms. The summed E-state index contributed by atoms with van der Waals surface area (Å²) in [5.74, 6) is -0.304. The highest BCUT2D eigenvalue weighted by Gasteiger charge is 2.15. The fraction of sp³-hybridized carbons (Fsp3) is 0.0588. The summed E-state index contributed by atoms with van der Waals surface area (Å²) in [7, 11) is 0. The molecule has 0 aliphatic heterocycles. The number of hydrogen-bond acceptors (Lipinski definition) is 5. The molecule has 25 heavy (non-hydrogen) atoms. The van der Waals surface area contributed by atoms with E-state index in [1.165, 1.54) is 29.5 Å². The summed E-state index contributed by atoms with van der Waals surface area (Å²) in [5.41, 5.74) is 1.71. The van der Waals surface area contributed by atoms with Gasteiger partial charge in [-0.15, -0.1) is 11.3 Å². The number of rotatable bonds is 5. The van der Waals surface area contributed by atoms with Crippen LogP contribution in [-0.2, 0) is 11.2 Å². The minimum atomic E-state index is -0.593. The van der Waals surface area contributed by atoms with Crippen LogP contribution in [0.3, 0.4) is 0 Å². The number of aromatic nitrogens is 1. The number of halogens is 1. The van der Waals surface area contributed by atoms with Crippen molar-refractivity contribution >= 4 is 40.2 Å². The van der Waals surface area contributed by atoms with Crippen molar-refractivity contribution in [2.24, 2.45) is 0 Å². The van der Waals surface area contributed by atoms with Crippen molar-refractivity contribution in [2.45, 2.75) is 6.42 Å². The van der Waals surface area contributed by atoms with E-state index < -0.39 is 4.92 Å². The van der Waals surface area contributed by atoms with Crippen LogP contribution in [0.5, 0.6) is 0 Å². The van der Waals surface area contributed by atoms with Gasteiger partial charge in [0.05, 0.1) is 17.0 Å². The van der Waals surface area contributed by atoms with E-state index in [2.05, 4.69) is 10.3 Å². The van der Waals surface area contributed by atoms with E-state index in [9.17, 15) is 14.9 Å². The van der Waals surface area contributed by atoms with Gasteiger partial charge in [0.25, 0.3) is 5.69 Å². The van der Waals surface area contributed by atoms with Crippen LogP contribution in [0.15, 0.2) is 53.9 Å². The molecule has 0 aliphatic rings. The lowest BCUT2D eigenvalue weighted by atomic mass is 10.2. The number of nitro benzene ring substituents is 1. The molecule has 0 spiro atoms. The Hall–Kier alpha value is -2.77. The standard InChI is InChI=1S/C17H12ClN3O3S/c18-14-7-6-12(8-15(14)21(23)24)19-16(22)9-13-10-25-17(20-13)11-4-2-1-3-5-11/h1-8,10H,9H2,(H,19,22). The molecule has 0 saturated heterocycles. The molecule has 0 radical (unpaired) electrons. The lowest BCUT2D eigenvalue weighted by Crippen LogP contribution is -2.14. The lowest BCUT2D eigenvalue weighted by Gasteiger charge is -2.04. The van der Waals surface area contributed by atoms with Gasteiger partial charge in [0.15, 0.2) is 0 Å². The van der Waals surface area contributed by atoms with Crippen LogP contribution in [0.4, 0.5) is 11.4 Å². The summed E-state index contributed by atoms with van der Waals surface area (Å²) >= 11 is 7.22. The average molecular weight is 374 g/mol. The Morgan fingerprint density at radius 1 is 1.24 bits per heavy atom. The summed E-state index contributed by atoms with van der Waals surface area (Å²) in [4.78, 5) is 26.9. The van der Waals surface area contributed by atoms with E-state index in [4.69, 9.17) is 11.6 Å². The van der Waals surface area contributed by atoms with Gasteiger partial charge in [-0.05, 0) is 12.1 Å². The average Bonchev–Trinajstić information content (AvgIpc) is 3.05. The van der Waals surface area contributed by atoms with Crippen LogP contribution in [0, 0.1) is 10.1 Å². The van der Waals surface area contributed by atoms with Crippen molar-refractivity contribution in [3.05, 3.63) is 74.7 Å². The maximum Gasteiger partial charge on any atom is 0.289 e. The third-order valence-corrected chi connectivity index (χ3v) is 4.60. The number of thiazole rings is 1. The molecular weight excluding hydrogens is 362 g/mol. The Bertz CT molecular complexity index is 928. The fourth-order valence-electron chi connectivity index (χ4n) is 2.20. The molecule has 3 rings (SSSR count). The molecule has 1 heterocycles. The Kier molecular flexibility index (Phi) is 5.06. The zero-order chi connectivity index (χ0) is 17.8. The number of hydrogen-bond donors (Lipinski definition) is 1. The summed E-state index contributed by atoms with van der Waals surface area (Å²) in [6.45, 7) is 0. The molecule has 0 atom stereocenters. The number of carbonyl (C=O) groups is 1. The highest BCUT2D eigenvalue weighted by atomic mass is 35.5. The molecule has 3 aromatic rings. The van der Waals surface area contributed by atoms with Crippen LogP contribution >= 0.6 is 22.9 Å². The zero-order valence-electron chi connectivity index (χ0n) is 12.8. The summed E-state index contributed by atoms with van der Waals surface area (Å²) in [5, 5.41) is 16.2. The summed E-state index contributed by atoms with van der Waals surface area (Å²) in [6, 6.07) is 13.8. The molecule has 0 unspecified atom stereocenters. The van der Waals surface area contributed by atoms with E-state index in [0.29, 0.717) is 11.4 Å². The minimum absolute atomic E-state index is 0.0232. The molecule has 0 aliphatic carbocycles. The molecule has 126 valence electrons. The molecule has 6 nitrogen and oxygen atoms in total. The first-order valence-corrected chi connectivity index (χ1v) is 8.52. The maximum absolute atomic E-state index is 12.1. The second-order valence-electron chi connectivity index (χ2n) is 5.16. The lowest BCUT2D eigenvalue weighted by molar-refractivity contribution is -0.384. The van der Waals surface area contributed by atoms with E-state index in [0.717, 1.165) is 10.6 Å². The van der Waals surface area contributed by atoms with Gasteiger partial charge < -0.3 is 5.32 Å². The first-order valence-electron chi connectivity index (χ1n) is 7.26. The van der Waals surface area contributed by atoms with Crippen molar-refractivity contribution in [1.82, 2.24) is 4.98 Å². The predicted molar refractivity (Wildman–Crippen MR) is 98.0 cm³/mol. The van der Waals surface area contributed by atoms with Crippen molar-refractivity contribution in [1.29, 1.82) is 0 Å². The van der Waals surface area contributed by atoms with Gasteiger partial charge in [-0.2, -0.15) is 0 Å². The molecular formula is C17H12ClN3O3S. The van der Waals surface area contributed by atoms with Gasteiger partial charge in [0.1, 0.15) is 10.0 Å². The summed E-state index contributed by atoms with van der Waals surface area (Å²) in [6.07, 6.45) is 0.0831. The third kappa shape index (κ3) is 4.20. The first kappa shape index (κ1) is 17.1. The van der Waals surface area contributed by atoms with Crippen LogP contribution in [-0.4, -0.2) is 15.8 Å². The Balaban J connectivity index is 1.68. The van der Waals surface area contributed by atoms with Crippen molar-refractivity contribution in [3.8, 4) is 10.6 Å². The molecule has 2 aromatic carbocycles. The monoisotopic (exact) mass is 373 g/mol. The molecule has 1 amide bonds. The third-order valence-electron chi connectivity index (χ3n) is 3.34. The zero-order valence-corrected chi connectivity index (χ0v) is 14.4. The molecule has 0 fully saturated rings. The highest BCUT2D eigenvalue weighted by molar-refractivity contribution is 7.13. The van der Waals surface area contributed by atoms with Crippen molar-refractivity contribution < 1.29 is 9.72 Å². The largest absolute Gasteiger partial charge is 0.325 e. The Morgan fingerprint density at radius 2 is 2.00 bits per heavy atom. The Morgan fingerprint density at radius 3 is 2.72 bits per heavy atom. The van der Waals surface area contributed by atoms with Crippen molar-refractivity contribution in [3.63, 3.8) is 0 Å². The number of carbonyl (C=O) groups excluding carboxylic acids is 1. The van der Waals surface area contributed by atoms with E-state index in [-0.39, 0.29) is 23.0 Å². The number of amides is 1. The van der Waals surface area contributed by atoms with Crippen LogP contribution in [0.1, 0.15) is 5.69 Å². The van der Waals surface area contributed by atoms with Gasteiger partial charge in [0, 0.05) is 22.7 Å². The van der Waals surface area contributed by atoms with Gasteiger partial charge >= 0.3 is 0 Å². The number of anilines is 1. The first-order chi connectivity index (χ1) is 12.0. The maximum atomic E-state index is 12.1. The highest BCUT2D eigenvalue weighted by Crippen LogP contribution is 2.27. The van der Waals surface area contributed by atoms with Crippen LogP contribution < -0.4 is 5.32 Å². The number of benzene rings is 2. The van der Waals surface area contributed by atoms with E-state index >= 15 is 0 Å². The summed E-state index contributed by atoms with van der Waals surface area (Å²) < 4.78 is 0. The van der Waals surface area contributed by atoms with Gasteiger partial charge in [-0.3, -0.25) is 14.9 Å². The topological polar surface area (TPSA) is 85.1 Å². The second-order valence-corrected chi connectivity index (χ2v) is 6.42. The number of nitro groups is 1. The van der Waals surface area contributed by atoms with Crippen LogP contribution in [0.2, 0.25) is 5.02 Å². The van der Waals surface area contributed by atoms with Crippen molar-refractivity contribution in [2.75, 3.05) is 5.32 Å². The van der Waals surface area contributed by atoms with E-state index in [1.54, 1.807) is 0 Å². The molecule has 0 saturated carbocycles. The minimum Gasteiger partial charge on any atom is -0.325 e.